The van der Waals surface area contributed by atoms with Crippen LogP contribution in [0, 0.1) is 5.82 Å². The molecule has 1 N–H and O–H groups in total. The summed E-state index contributed by atoms with van der Waals surface area (Å²) in [5, 5.41) is 2.82. The number of ether oxygens (including phenoxy) is 1. The first-order chi connectivity index (χ1) is 15.2. The molecule has 0 saturated heterocycles. The van der Waals surface area contributed by atoms with Crippen molar-refractivity contribution in [2.75, 3.05) is 25.5 Å². The molecule has 0 aliphatic rings. The Balaban J connectivity index is 1.80. The van der Waals surface area contributed by atoms with Crippen molar-refractivity contribution in [3.63, 3.8) is 0 Å². The summed E-state index contributed by atoms with van der Waals surface area (Å²) < 4.78 is 44.0. The van der Waals surface area contributed by atoms with Crippen molar-refractivity contribution >= 4 is 27.6 Å². The van der Waals surface area contributed by atoms with Crippen LogP contribution in [0.5, 0.6) is 0 Å². The number of sulfonamides is 1. The van der Waals surface area contributed by atoms with Gasteiger partial charge in [-0.3, -0.25) is 9.59 Å². The molecule has 7 nitrogen and oxygen atoms in total. The second kappa shape index (κ2) is 11.7. The van der Waals surface area contributed by atoms with E-state index in [1.165, 1.54) is 19.2 Å². The highest BCUT2D eigenvalue weighted by atomic mass is 32.2. The first-order valence-electron chi connectivity index (χ1n) is 10.5. The fourth-order valence-electron chi connectivity index (χ4n) is 3.15. The van der Waals surface area contributed by atoms with Gasteiger partial charge in [0.25, 0.3) is 5.91 Å². The fraction of sp³-hybridized carbons (Fsp3) is 0.391. The third-order valence-corrected chi connectivity index (χ3v) is 6.87. The Hall–Kier alpha value is -2.78. The molecule has 9 heteroatoms. The van der Waals surface area contributed by atoms with E-state index >= 15 is 0 Å². The molecule has 0 radical (unpaired) electrons. The Labute approximate surface area is 188 Å². The molecule has 0 atom stereocenters. The molecule has 0 aliphatic heterocycles. The van der Waals surface area contributed by atoms with E-state index in [-0.39, 0.29) is 24.3 Å². The molecular weight excluding hydrogens is 435 g/mol. The number of anilines is 1. The van der Waals surface area contributed by atoms with Crippen LogP contribution in [0.1, 0.15) is 37.8 Å². The molecular formula is C23H29FN2O5S. The summed E-state index contributed by atoms with van der Waals surface area (Å²) in [6, 6.07) is 10.4. The highest BCUT2D eigenvalue weighted by Crippen LogP contribution is 2.22. The number of carbonyl (C=O) groups excluding carboxylic acids is 2. The van der Waals surface area contributed by atoms with Gasteiger partial charge in [0.05, 0.1) is 4.90 Å². The summed E-state index contributed by atoms with van der Waals surface area (Å²) in [4.78, 5) is 24.2. The van der Waals surface area contributed by atoms with Crippen molar-refractivity contribution in [1.29, 1.82) is 0 Å². The molecule has 0 unspecified atom stereocenters. The second-order valence-electron chi connectivity index (χ2n) is 7.25. The molecule has 2 aromatic rings. The summed E-state index contributed by atoms with van der Waals surface area (Å²) in [5.74, 6) is -1.54. The van der Waals surface area contributed by atoms with Gasteiger partial charge >= 0.3 is 5.97 Å². The predicted octanol–water partition coefficient (Wildman–Crippen LogP) is 3.53. The van der Waals surface area contributed by atoms with Crippen molar-refractivity contribution in [3.8, 4) is 0 Å². The van der Waals surface area contributed by atoms with Gasteiger partial charge in [0, 0.05) is 25.7 Å². The first-order valence-corrected chi connectivity index (χ1v) is 11.9. The molecule has 174 valence electrons. The molecule has 0 bridgehead atoms. The lowest BCUT2D eigenvalue weighted by Crippen LogP contribution is -2.28. The lowest BCUT2D eigenvalue weighted by molar-refractivity contribution is -0.147. The Morgan fingerprint density at radius 2 is 1.62 bits per heavy atom. The van der Waals surface area contributed by atoms with Crippen LogP contribution in [0.4, 0.5) is 10.1 Å². The van der Waals surface area contributed by atoms with Gasteiger partial charge in [-0.1, -0.05) is 32.0 Å². The standard InChI is InChI=1S/C23H29FN2O5S/c1-4-17-8-6-9-18(5-2)23(17)25-21(27)16-31-22(28)10-7-15-26(3)32(29,30)20-13-11-19(24)12-14-20/h6,8-9,11-14H,4-5,7,10,15-16H2,1-3H3,(H,25,27). The molecule has 2 aromatic carbocycles. The van der Waals surface area contributed by atoms with Crippen LogP contribution in [0.15, 0.2) is 47.4 Å². The summed E-state index contributed by atoms with van der Waals surface area (Å²) in [5.41, 5.74) is 2.77. The Morgan fingerprint density at radius 3 is 2.19 bits per heavy atom. The normalized spacial score (nSPS) is 11.4. The van der Waals surface area contributed by atoms with Crippen molar-refractivity contribution in [1.82, 2.24) is 4.31 Å². The molecule has 0 aromatic heterocycles. The number of esters is 1. The zero-order valence-electron chi connectivity index (χ0n) is 18.6. The molecule has 0 heterocycles. The van der Waals surface area contributed by atoms with E-state index in [0.29, 0.717) is 0 Å². The van der Waals surface area contributed by atoms with Gasteiger partial charge in [0.1, 0.15) is 5.82 Å². The number of hydrogen-bond acceptors (Lipinski definition) is 5. The Bertz CT molecular complexity index is 1020. The quantitative estimate of drug-likeness (QED) is 0.514. The number of hydrogen-bond donors (Lipinski definition) is 1. The summed E-state index contributed by atoms with van der Waals surface area (Å²) >= 11 is 0. The zero-order valence-corrected chi connectivity index (χ0v) is 19.4. The average Bonchev–Trinajstić information content (AvgIpc) is 2.78. The van der Waals surface area contributed by atoms with Gasteiger partial charge < -0.3 is 10.1 Å². The maximum Gasteiger partial charge on any atom is 0.306 e. The van der Waals surface area contributed by atoms with E-state index in [4.69, 9.17) is 4.74 Å². The van der Waals surface area contributed by atoms with E-state index in [1.54, 1.807) is 0 Å². The third-order valence-electron chi connectivity index (χ3n) is 5.00. The van der Waals surface area contributed by atoms with Crippen LogP contribution >= 0.6 is 0 Å². The second-order valence-corrected chi connectivity index (χ2v) is 9.30. The minimum absolute atomic E-state index is 0.0283. The fourth-order valence-corrected chi connectivity index (χ4v) is 4.36. The highest BCUT2D eigenvalue weighted by molar-refractivity contribution is 7.89. The molecule has 32 heavy (non-hydrogen) atoms. The van der Waals surface area contributed by atoms with Gasteiger partial charge in [0.15, 0.2) is 6.61 Å². The number of nitrogens with zero attached hydrogens (tertiary/aromatic N) is 1. The molecule has 2 rings (SSSR count). The Morgan fingerprint density at radius 1 is 1.03 bits per heavy atom. The molecule has 1 amide bonds. The highest BCUT2D eigenvalue weighted by Gasteiger charge is 2.21. The minimum Gasteiger partial charge on any atom is -0.456 e. The molecule has 0 fully saturated rings. The zero-order chi connectivity index (χ0) is 23.7. The third kappa shape index (κ3) is 6.86. The summed E-state index contributed by atoms with van der Waals surface area (Å²) in [6.45, 7) is 3.66. The molecule has 0 spiro atoms. The van der Waals surface area contributed by atoms with Crippen LogP contribution in [-0.2, 0) is 37.2 Å². The monoisotopic (exact) mass is 464 g/mol. The van der Waals surface area contributed by atoms with Gasteiger partial charge in [-0.2, -0.15) is 0 Å². The number of rotatable bonds is 11. The topological polar surface area (TPSA) is 92.8 Å². The number of amides is 1. The lowest BCUT2D eigenvalue weighted by atomic mass is 10.0. The number of aryl methyl sites for hydroxylation is 2. The van der Waals surface area contributed by atoms with Crippen molar-refractivity contribution < 1.29 is 27.1 Å². The van der Waals surface area contributed by atoms with Gasteiger partial charge in [-0.25, -0.2) is 17.1 Å². The lowest BCUT2D eigenvalue weighted by Gasteiger charge is -2.17. The van der Waals surface area contributed by atoms with Crippen LogP contribution < -0.4 is 5.32 Å². The van der Waals surface area contributed by atoms with Gasteiger partial charge in [-0.05, 0) is 54.7 Å². The van der Waals surface area contributed by atoms with E-state index in [1.807, 2.05) is 32.0 Å². The molecule has 0 saturated carbocycles. The van der Waals surface area contributed by atoms with Crippen molar-refractivity contribution in [2.24, 2.45) is 0 Å². The summed E-state index contributed by atoms with van der Waals surface area (Å²) in [7, 11) is -2.39. The van der Waals surface area contributed by atoms with E-state index in [9.17, 15) is 22.4 Å². The van der Waals surface area contributed by atoms with E-state index in [2.05, 4.69) is 5.32 Å². The smallest absolute Gasteiger partial charge is 0.306 e. The minimum atomic E-state index is -3.78. The van der Waals surface area contributed by atoms with Crippen LogP contribution in [0.3, 0.4) is 0 Å². The van der Waals surface area contributed by atoms with Crippen LogP contribution in [-0.4, -0.2) is 44.8 Å². The SMILES string of the molecule is CCc1cccc(CC)c1NC(=O)COC(=O)CCCN(C)S(=O)(=O)c1ccc(F)cc1. The first kappa shape index (κ1) is 25.5. The van der Waals surface area contributed by atoms with Gasteiger partial charge in [0.2, 0.25) is 10.0 Å². The van der Waals surface area contributed by atoms with Gasteiger partial charge in [-0.15, -0.1) is 0 Å². The predicted molar refractivity (Wildman–Crippen MR) is 120 cm³/mol. The van der Waals surface area contributed by atoms with Crippen molar-refractivity contribution in [2.45, 2.75) is 44.4 Å². The van der Waals surface area contributed by atoms with E-state index in [0.717, 1.165) is 46.1 Å². The number of carbonyl (C=O) groups is 2. The Kier molecular flexibility index (Phi) is 9.34. The maximum atomic E-state index is 13.0. The van der Waals surface area contributed by atoms with E-state index < -0.39 is 34.3 Å². The number of benzene rings is 2. The number of nitrogens with one attached hydrogen (secondary N) is 1. The van der Waals surface area contributed by atoms with Crippen molar-refractivity contribution in [3.05, 3.63) is 59.4 Å². The molecule has 0 aliphatic carbocycles. The number of halogens is 1. The maximum absolute atomic E-state index is 13.0. The van der Waals surface area contributed by atoms with Crippen LogP contribution in [0.2, 0.25) is 0 Å². The largest absolute Gasteiger partial charge is 0.456 e. The van der Waals surface area contributed by atoms with Crippen LogP contribution in [0.25, 0.3) is 0 Å². The average molecular weight is 465 g/mol. The number of para-hydroxylation sites is 1. The summed E-state index contributed by atoms with van der Waals surface area (Å²) in [6.07, 6.45) is 1.70.